The zero-order valence-electron chi connectivity index (χ0n) is 11.8. The molecule has 102 valence electrons. The summed E-state index contributed by atoms with van der Waals surface area (Å²) >= 11 is -1.09. The van der Waals surface area contributed by atoms with E-state index in [0.717, 1.165) is 16.5 Å². The highest BCUT2D eigenvalue weighted by Gasteiger charge is 2.28. The Morgan fingerprint density at radius 2 is 1.89 bits per heavy atom. The Labute approximate surface area is 117 Å². The average Bonchev–Trinajstić information content (AvgIpc) is 2.36. The van der Waals surface area contributed by atoms with Gasteiger partial charge >= 0.3 is 0 Å². The molecule has 1 aromatic heterocycles. The highest BCUT2D eigenvalue weighted by molar-refractivity contribution is 7.90. The fourth-order valence-corrected chi connectivity index (χ4v) is 2.68. The maximum absolute atomic E-state index is 12.2. The van der Waals surface area contributed by atoms with Gasteiger partial charge in [-0.3, -0.25) is 4.98 Å². The van der Waals surface area contributed by atoms with E-state index in [1.54, 1.807) is 6.20 Å². The molecule has 19 heavy (non-hydrogen) atoms. The Morgan fingerprint density at radius 3 is 2.58 bits per heavy atom. The molecule has 0 amide bonds. The molecule has 0 fully saturated rings. The molecule has 0 spiro atoms. The number of aromatic nitrogens is 1. The summed E-state index contributed by atoms with van der Waals surface area (Å²) in [4.78, 5) is 4.43. The molecular weight excluding hydrogens is 256 g/mol. The molecule has 2 rings (SSSR count). The molecule has 3 nitrogen and oxygen atoms in total. The number of nitrogens with zero attached hydrogens (tertiary/aromatic N) is 1. The van der Waals surface area contributed by atoms with Crippen molar-refractivity contribution < 1.29 is 4.55 Å². The molecular formula is C15H20N2OS. The molecule has 1 heterocycles. The summed E-state index contributed by atoms with van der Waals surface area (Å²) in [6.45, 7) is 7.91. The van der Waals surface area contributed by atoms with Crippen LogP contribution in [0, 0.1) is 0 Å². The first-order chi connectivity index (χ1) is 8.89. The first-order valence-electron chi connectivity index (χ1n) is 6.41. The van der Waals surface area contributed by atoms with Crippen LogP contribution in [-0.2, 0) is 11.4 Å². The van der Waals surface area contributed by atoms with E-state index in [-0.39, 0.29) is 10.8 Å². The Kier molecular flexibility index (Phi) is 4.13. The van der Waals surface area contributed by atoms with Crippen LogP contribution in [0.4, 0.5) is 0 Å². The Balaban J connectivity index is 2.29. The summed E-state index contributed by atoms with van der Waals surface area (Å²) in [5, 5.41) is 1.11. The normalized spacial score (nSPS) is 15.4. The molecule has 2 atom stereocenters. The molecule has 0 unspecified atom stereocenters. The number of benzene rings is 1. The Morgan fingerprint density at radius 1 is 1.21 bits per heavy atom. The van der Waals surface area contributed by atoms with Gasteiger partial charge in [0.25, 0.3) is 0 Å². The van der Waals surface area contributed by atoms with Crippen LogP contribution < -0.4 is 4.72 Å². The average molecular weight is 276 g/mol. The van der Waals surface area contributed by atoms with Gasteiger partial charge in [0.2, 0.25) is 0 Å². The van der Waals surface area contributed by atoms with Gasteiger partial charge in [-0.25, -0.2) is 0 Å². The van der Waals surface area contributed by atoms with Crippen molar-refractivity contribution in [1.82, 2.24) is 9.71 Å². The van der Waals surface area contributed by atoms with Gasteiger partial charge in [-0.15, -0.1) is 4.72 Å². The van der Waals surface area contributed by atoms with Crippen molar-refractivity contribution in [3.8, 4) is 0 Å². The predicted octanol–water partition coefficient (Wildman–Crippen LogP) is 3.35. The van der Waals surface area contributed by atoms with Crippen LogP contribution in [0.2, 0.25) is 0 Å². The predicted molar refractivity (Wildman–Crippen MR) is 81.2 cm³/mol. The number of pyridine rings is 1. The molecule has 4 heteroatoms. The number of rotatable bonds is 3. The fraction of sp³-hybridized carbons (Fsp3) is 0.400. The van der Waals surface area contributed by atoms with Gasteiger partial charge in [-0.1, -0.05) is 24.3 Å². The van der Waals surface area contributed by atoms with E-state index in [1.807, 2.05) is 58.0 Å². The van der Waals surface area contributed by atoms with E-state index in [1.165, 1.54) is 0 Å². The minimum absolute atomic E-state index is 0.00124. The number of hydrogen-bond donors (Lipinski definition) is 1. The van der Waals surface area contributed by atoms with E-state index in [2.05, 4.69) is 9.71 Å². The zero-order valence-corrected chi connectivity index (χ0v) is 12.6. The van der Waals surface area contributed by atoms with Crippen LogP contribution >= 0.6 is 0 Å². The standard InChI is InChI=1S/C15H20N2OS/c1-11(17-19(18)15(2,3)4)13-9-5-7-12-8-6-10-16-14(12)13/h5-11,17H,1-4H3/t11-,19+/m0/s1. The molecule has 0 aliphatic carbocycles. The van der Waals surface area contributed by atoms with Crippen LogP contribution in [0.25, 0.3) is 10.9 Å². The van der Waals surface area contributed by atoms with Gasteiger partial charge < -0.3 is 4.55 Å². The SMILES string of the molecule is C[C@H](N[S@+]([O-])C(C)(C)C)c1cccc2cccnc12. The minimum Gasteiger partial charge on any atom is -0.598 e. The second-order valence-electron chi connectivity index (χ2n) is 5.64. The molecule has 2 aromatic rings. The van der Waals surface area contributed by atoms with Crippen molar-refractivity contribution in [1.29, 1.82) is 0 Å². The third-order valence-corrected chi connectivity index (χ3v) is 4.65. The number of para-hydroxylation sites is 1. The smallest absolute Gasteiger partial charge is 0.136 e. The van der Waals surface area contributed by atoms with E-state index in [9.17, 15) is 4.55 Å². The largest absolute Gasteiger partial charge is 0.598 e. The van der Waals surface area contributed by atoms with Gasteiger partial charge in [-0.05, 0) is 39.3 Å². The van der Waals surface area contributed by atoms with Gasteiger partial charge in [0.1, 0.15) is 4.75 Å². The van der Waals surface area contributed by atoms with Gasteiger partial charge in [0.05, 0.1) is 11.6 Å². The van der Waals surface area contributed by atoms with Crippen molar-refractivity contribution in [2.75, 3.05) is 0 Å². The molecule has 0 aliphatic heterocycles. The Hall–Kier alpha value is -1.10. The van der Waals surface area contributed by atoms with Crippen LogP contribution in [-0.4, -0.2) is 14.3 Å². The van der Waals surface area contributed by atoms with Crippen molar-refractivity contribution in [3.63, 3.8) is 0 Å². The summed E-state index contributed by atoms with van der Waals surface area (Å²) in [6.07, 6.45) is 1.79. The topological polar surface area (TPSA) is 48.0 Å². The van der Waals surface area contributed by atoms with E-state index >= 15 is 0 Å². The summed E-state index contributed by atoms with van der Waals surface area (Å²) in [5.74, 6) is 0. The number of hydrogen-bond acceptors (Lipinski definition) is 3. The van der Waals surface area contributed by atoms with Crippen molar-refractivity contribution in [3.05, 3.63) is 42.1 Å². The maximum Gasteiger partial charge on any atom is 0.136 e. The highest BCUT2D eigenvalue weighted by atomic mass is 32.2. The van der Waals surface area contributed by atoms with Crippen LogP contribution in [0.1, 0.15) is 39.3 Å². The van der Waals surface area contributed by atoms with Crippen LogP contribution in [0.15, 0.2) is 36.5 Å². The van der Waals surface area contributed by atoms with Crippen molar-refractivity contribution >= 4 is 22.3 Å². The monoisotopic (exact) mass is 276 g/mol. The zero-order chi connectivity index (χ0) is 14.0. The molecule has 0 bridgehead atoms. The molecule has 0 saturated heterocycles. The van der Waals surface area contributed by atoms with Crippen molar-refractivity contribution in [2.24, 2.45) is 0 Å². The fourth-order valence-electron chi connectivity index (χ4n) is 1.88. The second kappa shape index (κ2) is 5.49. The first kappa shape index (κ1) is 14.3. The lowest BCUT2D eigenvalue weighted by Crippen LogP contribution is -2.40. The number of nitrogens with one attached hydrogen (secondary N) is 1. The first-order valence-corrected chi connectivity index (χ1v) is 7.56. The molecule has 0 radical (unpaired) electrons. The molecule has 0 saturated carbocycles. The van der Waals surface area contributed by atoms with Crippen LogP contribution in [0.3, 0.4) is 0 Å². The lowest BCUT2D eigenvalue weighted by atomic mass is 10.1. The van der Waals surface area contributed by atoms with Crippen LogP contribution in [0.5, 0.6) is 0 Å². The molecule has 0 aliphatic rings. The van der Waals surface area contributed by atoms with Gasteiger partial charge in [0, 0.05) is 22.9 Å². The summed E-state index contributed by atoms with van der Waals surface area (Å²) in [6, 6.07) is 10.1. The summed E-state index contributed by atoms with van der Waals surface area (Å²) in [5.41, 5.74) is 2.05. The quantitative estimate of drug-likeness (QED) is 0.875. The van der Waals surface area contributed by atoms with E-state index in [4.69, 9.17) is 0 Å². The lowest BCUT2D eigenvalue weighted by molar-refractivity contribution is 0.531. The third-order valence-electron chi connectivity index (χ3n) is 2.97. The van der Waals surface area contributed by atoms with E-state index in [0.29, 0.717) is 0 Å². The van der Waals surface area contributed by atoms with Gasteiger partial charge in [-0.2, -0.15) is 0 Å². The second-order valence-corrected chi connectivity index (χ2v) is 7.64. The maximum atomic E-state index is 12.2. The summed E-state index contributed by atoms with van der Waals surface area (Å²) < 4.78 is 15.1. The highest BCUT2D eigenvalue weighted by Crippen LogP contribution is 2.24. The summed E-state index contributed by atoms with van der Waals surface area (Å²) in [7, 11) is 0. The molecule has 1 N–H and O–H groups in total. The van der Waals surface area contributed by atoms with E-state index < -0.39 is 11.4 Å². The Bertz CT molecular complexity index is 560. The van der Waals surface area contributed by atoms with Crippen molar-refractivity contribution in [2.45, 2.75) is 38.5 Å². The lowest BCUT2D eigenvalue weighted by Gasteiger charge is -2.26. The van der Waals surface area contributed by atoms with Gasteiger partial charge in [0.15, 0.2) is 0 Å². The molecule has 1 aromatic carbocycles. The third kappa shape index (κ3) is 3.26. The number of fused-ring (bicyclic) bond motifs is 1. The minimum atomic E-state index is -1.09.